The van der Waals surface area contributed by atoms with E-state index in [1.165, 1.54) is 0 Å². The minimum Gasteiger partial charge on any atom is -0.421 e. The lowest BCUT2D eigenvalue weighted by Gasteiger charge is -2.19. The fourth-order valence-corrected chi connectivity index (χ4v) is 2.32. The van der Waals surface area contributed by atoms with Gasteiger partial charge in [0.2, 0.25) is 11.8 Å². The van der Waals surface area contributed by atoms with E-state index in [0.717, 1.165) is 28.5 Å². The van der Waals surface area contributed by atoms with E-state index in [-0.39, 0.29) is 5.54 Å². The Morgan fingerprint density at radius 2 is 2.05 bits per heavy atom. The highest BCUT2D eigenvalue weighted by molar-refractivity contribution is 14.1. The van der Waals surface area contributed by atoms with Crippen LogP contribution in [0.25, 0.3) is 11.5 Å². The number of aromatic nitrogens is 2. The smallest absolute Gasteiger partial charge is 0.247 e. The van der Waals surface area contributed by atoms with E-state index in [2.05, 4.69) is 58.9 Å². The average molecular weight is 420 g/mol. The fourth-order valence-electron chi connectivity index (χ4n) is 1.80. The van der Waals surface area contributed by atoms with Crippen LogP contribution in [0.3, 0.4) is 0 Å². The molecule has 0 bridgehead atoms. The second-order valence-electron chi connectivity index (χ2n) is 5.91. The zero-order valence-electron chi connectivity index (χ0n) is 12.4. The first-order chi connectivity index (χ1) is 9.85. The normalized spacial score (nSPS) is 11.9. The van der Waals surface area contributed by atoms with Crippen molar-refractivity contribution < 1.29 is 4.42 Å². The lowest BCUT2D eigenvalue weighted by molar-refractivity contribution is 0.412. The van der Waals surface area contributed by atoms with E-state index in [9.17, 15) is 0 Å². The van der Waals surface area contributed by atoms with Crippen molar-refractivity contribution in [1.29, 1.82) is 0 Å². The van der Waals surface area contributed by atoms with E-state index in [4.69, 9.17) is 16.0 Å². The Balaban J connectivity index is 1.93. The van der Waals surface area contributed by atoms with Crippen LogP contribution in [0.5, 0.6) is 0 Å². The molecule has 21 heavy (non-hydrogen) atoms. The molecule has 1 N–H and O–H groups in total. The van der Waals surface area contributed by atoms with Gasteiger partial charge in [-0.15, -0.1) is 10.2 Å². The first-order valence-electron chi connectivity index (χ1n) is 6.88. The molecule has 0 saturated heterocycles. The quantitative estimate of drug-likeness (QED) is 0.579. The molecule has 6 heteroatoms. The number of nitrogens with zero attached hydrogens (tertiary/aromatic N) is 2. The van der Waals surface area contributed by atoms with Gasteiger partial charge in [-0.3, -0.25) is 0 Å². The zero-order valence-corrected chi connectivity index (χ0v) is 15.3. The van der Waals surface area contributed by atoms with Crippen LogP contribution in [0.15, 0.2) is 22.6 Å². The molecule has 0 spiro atoms. The van der Waals surface area contributed by atoms with Crippen LogP contribution >= 0.6 is 34.2 Å². The number of hydrogen-bond donors (Lipinski definition) is 1. The van der Waals surface area contributed by atoms with Crippen LogP contribution in [0.2, 0.25) is 5.02 Å². The second kappa shape index (κ2) is 7.07. The second-order valence-corrected chi connectivity index (χ2v) is 7.48. The van der Waals surface area contributed by atoms with Crippen molar-refractivity contribution in [3.8, 4) is 11.5 Å². The van der Waals surface area contributed by atoms with Crippen LogP contribution in [0.4, 0.5) is 0 Å². The average Bonchev–Trinajstić information content (AvgIpc) is 2.86. The van der Waals surface area contributed by atoms with Gasteiger partial charge in [0.25, 0.3) is 0 Å². The molecule has 1 aromatic carbocycles. The summed E-state index contributed by atoms with van der Waals surface area (Å²) in [5, 5.41) is 12.3. The molecule has 0 saturated carbocycles. The molecule has 0 radical (unpaired) electrons. The Morgan fingerprint density at radius 3 is 2.71 bits per heavy atom. The predicted octanol–water partition coefficient (Wildman–Crippen LogP) is 4.32. The summed E-state index contributed by atoms with van der Waals surface area (Å²) in [4.78, 5) is 0. The van der Waals surface area contributed by atoms with Crippen molar-refractivity contribution in [3.63, 3.8) is 0 Å². The monoisotopic (exact) mass is 419 g/mol. The largest absolute Gasteiger partial charge is 0.421 e. The Labute approximate surface area is 143 Å². The minimum atomic E-state index is 0.137. The van der Waals surface area contributed by atoms with Gasteiger partial charge in [0.15, 0.2) is 0 Å². The van der Waals surface area contributed by atoms with Crippen molar-refractivity contribution >= 4 is 34.2 Å². The molecule has 0 atom stereocenters. The van der Waals surface area contributed by atoms with Gasteiger partial charge in [-0.1, -0.05) is 11.6 Å². The van der Waals surface area contributed by atoms with Gasteiger partial charge in [0.1, 0.15) is 0 Å². The van der Waals surface area contributed by atoms with Gasteiger partial charge in [0, 0.05) is 21.1 Å². The highest BCUT2D eigenvalue weighted by Gasteiger charge is 2.11. The number of nitrogens with one attached hydrogen (secondary N) is 1. The summed E-state index contributed by atoms with van der Waals surface area (Å²) in [5.74, 6) is 1.18. The standard InChI is InChI=1S/C15H19ClIN3O/c1-15(2,3)18-8-4-5-13-19-20-14(21-13)10-6-7-12(17)11(16)9-10/h6-7,9,18H,4-5,8H2,1-3H3. The van der Waals surface area contributed by atoms with Crippen molar-refractivity contribution in [2.24, 2.45) is 0 Å². The number of aryl methyl sites for hydroxylation is 1. The third kappa shape index (κ3) is 5.23. The molecule has 0 amide bonds. The molecule has 4 nitrogen and oxygen atoms in total. The third-order valence-electron chi connectivity index (χ3n) is 2.86. The lowest BCUT2D eigenvalue weighted by Crippen LogP contribution is -2.36. The van der Waals surface area contributed by atoms with E-state index in [1.54, 1.807) is 0 Å². The van der Waals surface area contributed by atoms with E-state index >= 15 is 0 Å². The molecule has 0 aliphatic rings. The van der Waals surface area contributed by atoms with Gasteiger partial charge in [-0.25, -0.2) is 0 Å². The van der Waals surface area contributed by atoms with Crippen LogP contribution in [0, 0.1) is 3.57 Å². The molecule has 0 fully saturated rings. The highest BCUT2D eigenvalue weighted by atomic mass is 127. The van der Waals surface area contributed by atoms with Gasteiger partial charge >= 0.3 is 0 Å². The number of rotatable bonds is 5. The van der Waals surface area contributed by atoms with Crippen LogP contribution < -0.4 is 5.32 Å². The fraction of sp³-hybridized carbons (Fsp3) is 0.467. The van der Waals surface area contributed by atoms with Crippen molar-refractivity contribution in [1.82, 2.24) is 15.5 Å². The molecule has 1 aromatic heterocycles. The highest BCUT2D eigenvalue weighted by Crippen LogP contribution is 2.25. The number of hydrogen-bond acceptors (Lipinski definition) is 4. The van der Waals surface area contributed by atoms with E-state index in [1.807, 2.05) is 18.2 Å². The van der Waals surface area contributed by atoms with Gasteiger partial charge in [0.05, 0.1) is 5.02 Å². The Kier molecular flexibility index (Phi) is 5.62. The molecule has 0 aliphatic carbocycles. The summed E-state index contributed by atoms with van der Waals surface area (Å²) in [6, 6.07) is 5.73. The van der Waals surface area contributed by atoms with E-state index < -0.39 is 0 Å². The Morgan fingerprint density at radius 1 is 1.29 bits per heavy atom. The molecule has 1 heterocycles. The summed E-state index contributed by atoms with van der Waals surface area (Å²) in [7, 11) is 0. The summed E-state index contributed by atoms with van der Waals surface area (Å²) in [6.07, 6.45) is 1.74. The maximum atomic E-state index is 6.11. The maximum absolute atomic E-state index is 6.11. The van der Waals surface area contributed by atoms with Gasteiger partial charge in [-0.2, -0.15) is 0 Å². The maximum Gasteiger partial charge on any atom is 0.247 e. The third-order valence-corrected chi connectivity index (χ3v) is 4.43. The molecule has 2 aromatic rings. The van der Waals surface area contributed by atoms with Gasteiger partial charge < -0.3 is 9.73 Å². The summed E-state index contributed by atoms with van der Waals surface area (Å²) in [6.45, 7) is 7.38. The minimum absolute atomic E-state index is 0.137. The number of benzene rings is 1. The summed E-state index contributed by atoms with van der Waals surface area (Å²) >= 11 is 8.30. The topological polar surface area (TPSA) is 51.0 Å². The Bertz CT molecular complexity index is 607. The molecule has 2 rings (SSSR count). The van der Waals surface area contributed by atoms with Gasteiger partial charge in [-0.05, 0) is 74.5 Å². The predicted molar refractivity (Wildman–Crippen MR) is 93.5 cm³/mol. The van der Waals surface area contributed by atoms with Crippen molar-refractivity contribution in [2.45, 2.75) is 39.2 Å². The van der Waals surface area contributed by atoms with Crippen LogP contribution in [0.1, 0.15) is 33.1 Å². The Hall–Kier alpha value is -0.660. The zero-order chi connectivity index (χ0) is 15.5. The summed E-state index contributed by atoms with van der Waals surface area (Å²) in [5.41, 5.74) is 0.991. The lowest BCUT2D eigenvalue weighted by atomic mass is 10.1. The molecule has 0 unspecified atom stereocenters. The molecular weight excluding hydrogens is 401 g/mol. The van der Waals surface area contributed by atoms with E-state index in [0.29, 0.717) is 16.8 Å². The van der Waals surface area contributed by atoms with Crippen LogP contribution in [-0.2, 0) is 6.42 Å². The first kappa shape index (κ1) is 16.7. The molecular formula is C15H19ClIN3O. The van der Waals surface area contributed by atoms with Crippen molar-refractivity contribution in [2.75, 3.05) is 6.54 Å². The van der Waals surface area contributed by atoms with Crippen LogP contribution in [-0.4, -0.2) is 22.3 Å². The first-order valence-corrected chi connectivity index (χ1v) is 8.34. The number of halogens is 2. The van der Waals surface area contributed by atoms with Crippen molar-refractivity contribution in [3.05, 3.63) is 32.7 Å². The molecule has 0 aliphatic heterocycles. The summed E-state index contributed by atoms with van der Waals surface area (Å²) < 4.78 is 6.69. The SMILES string of the molecule is CC(C)(C)NCCCc1nnc(-c2ccc(I)c(Cl)c2)o1. The molecule has 114 valence electrons.